The normalized spacial score (nSPS) is 52.0. The highest BCUT2D eigenvalue weighted by Gasteiger charge is 2.67. The van der Waals surface area contributed by atoms with Crippen LogP contribution in [0, 0.1) is 39.9 Å². The molecule has 3 fully saturated rings. The fraction of sp³-hybridized carbons (Fsp3) is 0.826. The minimum Gasteiger partial charge on any atom is -0.299 e. The van der Waals surface area contributed by atoms with E-state index < -0.39 is 0 Å². The molecule has 4 rings (SSSR count). The van der Waals surface area contributed by atoms with Crippen molar-refractivity contribution in [2.75, 3.05) is 0 Å². The van der Waals surface area contributed by atoms with Crippen LogP contribution in [-0.4, -0.2) is 11.6 Å². The molecule has 7 atom stereocenters. The van der Waals surface area contributed by atoms with Crippen molar-refractivity contribution in [1.29, 1.82) is 0 Å². The molecule has 0 bridgehead atoms. The molecule has 3 saturated carbocycles. The molecule has 0 saturated heterocycles. The van der Waals surface area contributed by atoms with Gasteiger partial charge in [0.25, 0.3) is 0 Å². The Bertz CT molecular complexity index is 661. The zero-order chi connectivity index (χ0) is 18.2. The second kappa shape index (κ2) is 5.30. The van der Waals surface area contributed by atoms with Gasteiger partial charge in [-0.05, 0) is 81.5 Å². The molecular formula is C23H34O2. The van der Waals surface area contributed by atoms with E-state index in [9.17, 15) is 9.59 Å². The number of carbonyl (C=O) groups is 2. The third kappa shape index (κ3) is 1.92. The van der Waals surface area contributed by atoms with Gasteiger partial charge in [-0.3, -0.25) is 9.59 Å². The molecule has 0 aromatic heterocycles. The average molecular weight is 343 g/mol. The number of carbonyl (C=O) groups excluding carboxylic acids is 2. The van der Waals surface area contributed by atoms with Crippen LogP contribution >= 0.6 is 0 Å². The summed E-state index contributed by atoms with van der Waals surface area (Å²) in [6, 6.07) is 0. The van der Waals surface area contributed by atoms with E-state index >= 15 is 0 Å². The zero-order valence-corrected chi connectivity index (χ0v) is 16.7. The third-order valence-electron chi connectivity index (χ3n) is 9.83. The van der Waals surface area contributed by atoms with Crippen LogP contribution in [0.5, 0.6) is 0 Å². The van der Waals surface area contributed by atoms with Gasteiger partial charge in [0.05, 0.1) is 5.41 Å². The van der Waals surface area contributed by atoms with Gasteiger partial charge >= 0.3 is 0 Å². The number of Topliss-reactive ketones (excluding diaryl/α,β-unsaturated/α-hetero) is 2. The van der Waals surface area contributed by atoms with Crippen LogP contribution < -0.4 is 0 Å². The summed E-state index contributed by atoms with van der Waals surface area (Å²) < 4.78 is 0. The fourth-order valence-corrected chi connectivity index (χ4v) is 7.89. The Morgan fingerprint density at radius 3 is 2.52 bits per heavy atom. The van der Waals surface area contributed by atoms with Crippen molar-refractivity contribution in [2.45, 2.75) is 79.6 Å². The van der Waals surface area contributed by atoms with Crippen LogP contribution in [0.1, 0.15) is 79.6 Å². The van der Waals surface area contributed by atoms with Crippen molar-refractivity contribution < 1.29 is 9.59 Å². The van der Waals surface area contributed by atoms with E-state index in [1.54, 1.807) is 0 Å². The number of hydrogen-bond donors (Lipinski definition) is 0. The molecule has 4 aliphatic carbocycles. The SMILES string of the molecule is CC(=O)[C@@]1(C)C(C)C[C@H]2[C@@H]3CCC4=CCCC(=O)[C@]4(C)[C@H]3CC[C@@]21C. The summed E-state index contributed by atoms with van der Waals surface area (Å²) in [7, 11) is 0. The summed E-state index contributed by atoms with van der Waals surface area (Å²) in [6.07, 6.45) is 9.76. The Labute approximate surface area is 152 Å². The lowest BCUT2D eigenvalue weighted by Crippen LogP contribution is -2.55. The second-order valence-electron chi connectivity index (χ2n) is 10.2. The number of fused-ring (bicyclic) bond motifs is 5. The van der Waals surface area contributed by atoms with E-state index in [1.807, 2.05) is 6.92 Å². The Morgan fingerprint density at radius 1 is 1.12 bits per heavy atom. The Kier molecular flexibility index (Phi) is 3.71. The Morgan fingerprint density at radius 2 is 1.84 bits per heavy atom. The lowest BCUT2D eigenvalue weighted by Gasteiger charge is -2.58. The predicted octanol–water partition coefficient (Wildman–Crippen LogP) is 5.36. The number of allylic oxidation sites excluding steroid dienone is 2. The largest absolute Gasteiger partial charge is 0.299 e. The van der Waals surface area contributed by atoms with E-state index in [4.69, 9.17) is 0 Å². The van der Waals surface area contributed by atoms with E-state index in [1.165, 1.54) is 12.0 Å². The molecule has 1 unspecified atom stereocenters. The summed E-state index contributed by atoms with van der Waals surface area (Å²) in [5.41, 5.74) is 1.14. The maximum atomic E-state index is 13.0. The number of rotatable bonds is 1. The van der Waals surface area contributed by atoms with Gasteiger partial charge in [-0.1, -0.05) is 32.4 Å². The van der Waals surface area contributed by atoms with Gasteiger partial charge in [0.2, 0.25) is 0 Å². The van der Waals surface area contributed by atoms with Gasteiger partial charge in [0, 0.05) is 11.8 Å². The lowest BCUT2D eigenvalue weighted by molar-refractivity contribution is -0.147. The van der Waals surface area contributed by atoms with Crippen molar-refractivity contribution in [3.05, 3.63) is 11.6 Å². The maximum absolute atomic E-state index is 13.0. The van der Waals surface area contributed by atoms with Crippen molar-refractivity contribution in [1.82, 2.24) is 0 Å². The van der Waals surface area contributed by atoms with Crippen molar-refractivity contribution in [2.24, 2.45) is 39.9 Å². The van der Waals surface area contributed by atoms with Crippen LogP contribution in [0.15, 0.2) is 11.6 Å². The summed E-state index contributed by atoms with van der Waals surface area (Å²) in [6.45, 7) is 11.0. The number of hydrogen-bond acceptors (Lipinski definition) is 2. The van der Waals surface area contributed by atoms with Gasteiger partial charge in [0.15, 0.2) is 0 Å². The first kappa shape index (κ1) is 17.5. The molecule has 4 aliphatic rings. The van der Waals surface area contributed by atoms with E-state index in [0.29, 0.717) is 35.2 Å². The molecular weight excluding hydrogens is 308 g/mol. The van der Waals surface area contributed by atoms with E-state index in [-0.39, 0.29) is 16.2 Å². The molecule has 0 aromatic rings. The first-order chi connectivity index (χ1) is 11.7. The van der Waals surface area contributed by atoms with Gasteiger partial charge in [0.1, 0.15) is 11.6 Å². The van der Waals surface area contributed by atoms with E-state index in [0.717, 1.165) is 38.5 Å². The van der Waals surface area contributed by atoms with Gasteiger partial charge in [-0.2, -0.15) is 0 Å². The van der Waals surface area contributed by atoms with E-state index in [2.05, 4.69) is 33.8 Å². The molecule has 0 spiro atoms. The molecule has 0 radical (unpaired) electrons. The molecule has 25 heavy (non-hydrogen) atoms. The first-order valence-electron chi connectivity index (χ1n) is 10.4. The average Bonchev–Trinajstić information content (AvgIpc) is 2.77. The highest BCUT2D eigenvalue weighted by molar-refractivity contribution is 5.89. The van der Waals surface area contributed by atoms with Crippen LogP contribution in [-0.2, 0) is 9.59 Å². The van der Waals surface area contributed by atoms with Crippen molar-refractivity contribution >= 4 is 11.6 Å². The predicted molar refractivity (Wildman–Crippen MR) is 100 cm³/mol. The lowest BCUT2D eigenvalue weighted by atomic mass is 9.44. The molecule has 0 amide bonds. The highest BCUT2D eigenvalue weighted by atomic mass is 16.1. The summed E-state index contributed by atoms with van der Waals surface area (Å²) >= 11 is 0. The minimum absolute atomic E-state index is 0.106. The van der Waals surface area contributed by atoms with Crippen LogP contribution in [0.4, 0.5) is 0 Å². The quantitative estimate of drug-likeness (QED) is 0.601. The highest BCUT2D eigenvalue weighted by Crippen LogP contribution is 2.71. The molecule has 0 N–H and O–H groups in total. The van der Waals surface area contributed by atoms with Crippen LogP contribution in [0.3, 0.4) is 0 Å². The zero-order valence-electron chi connectivity index (χ0n) is 16.7. The van der Waals surface area contributed by atoms with Crippen molar-refractivity contribution in [3.63, 3.8) is 0 Å². The topological polar surface area (TPSA) is 34.1 Å². The fourth-order valence-electron chi connectivity index (χ4n) is 7.89. The maximum Gasteiger partial charge on any atom is 0.143 e. The molecule has 2 heteroatoms. The van der Waals surface area contributed by atoms with Gasteiger partial charge < -0.3 is 0 Å². The smallest absolute Gasteiger partial charge is 0.143 e. The molecule has 0 aliphatic heterocycles. The van der Waals surface area contributed by atoms with Crippen LogP contribution in [0.25, 0.3) is 0 Å². The van der Waals surface area contributed by atoms with Gasteiger partial charge in [-0.25, -0.2) is 0 Å². The van der Waals surface area contributed by atoms with Crippen LogP contribution in [0.2, 0.25) is 0 Å². The molecule has 2 nitrogen and oxygen atoms in total. The minimum atomic E-state index is -0.207. The Balaban J connectivity index is 1.75. The van der Waals surface area contributed by atoms with Crippen molar-refractivity contribution in [3.8, 4) is 0 Å². The first-order valence-corrected chi connectivity index (χ1v) is 10.4. The summed E-state index contributed by atoms with van der Waals surface area (Å²) in [4.78, 5) is 25.7. The molecule has 0 heterocycles. The third-order valence-corrected chi connectivity index (χ3v) is 9.83. The second-order valence-corrected chi connectivity index (χ2v) is 10.2. The summed E-state index contributed by atoms with van der Waals surface area (Å²) in [5, 5.41) is 0. The standard InChI is InChI=1S/C23H34O2/c1-14-13-19-17-10-9-16-7-6-8-20(25)22(16,4)18(17)11-12-21(19,3)23(14,5)15(2)24/h7,14,17-19H,6,8-13H2,1-5H3/t14?,17-,18+,19+,21+,22+,23-/m1/s1. The molecule has 0 aromatic carbocycles. The monoisotopic (exact) mass is 342 g/mol. The molecule has 138 valence electrons. The number of ketones is 2. The summed E-state index contributed by atoms with van der Waals surface area (Å²) in [5.74, 6) is 3.03. The Hall–Kier alpha value is -0.920. The van der Waals surface area contributed by atoms with Gasteiger partial charge in [-0.15, -0.1) is 0 Å².